The lowest BCUT2D eigenvalue weighted by Crippen LogP contribution is -2.07. The van der Waals surface area contributed by atoms with Crippen molar-refractivity contribution < 1.29 is 17.9 Å². The summed E-state index contributed by atoms with van der Waals surface area (Å²) in [5, 5.41) is 0. The Kier molecular flexibility index (Phi) is 3.83. The van der Waals surface area contributed by atoms with Crippen LogP contribution in [0.25, 0.3) is 11.3 Å². The van der Waals surface area contributed by atoms with Crippen molar-refractivity contribution in [1.82, 2.24) is 4.98 Å². The van der Waals surface area contributed by atoms with Gasteiger partial charge >= 0.3 is 6.18 Å². The fourth-order valence-corrected chi connectivity index (χ4v) is 1.81. The van der Waals surface area contributed by atoms with Gasteiger partial charge in [-0.15, -0.1) is 0 Å². The molecule has 0 unspecified atom stereocenters. The van der Waals surface area contributed by atoms with Crippen molar-refractivity contribution in [2.75, 3.05) is 12.3 Å². The van der Waals surface area contributed by atoms with Crippen LogP contribution in [0, 0.1) is 0 Å². The van der Waals surface area contributed by atoms with Crippen LogP contribution < -0.4 is 10.5 Å². The van der Waals surface area contributed by atoms with Gasteiger partial charge in [-0.1, -0.05) is 12.1 Å². The zero-order valence-corrected chi connectivity index (χ0v) is 10.7. The number of hydrogen-bond acceptors (Lipinski definition) is 3. The second-order valence-corrected chi connectivity index (χ2v) is 4.09. The van der Waals surface area contributed by atoms with Crippen molar-refractivity contribution in [3.63, 3.8) is 0 Å². The first-order chi connectivity index (χ1) is 9.41. The van der Waals surface area contributed by atoms with E-state index in [0.717, 1.165) is 12.1 Å². The molecule has 6 heteroatoms. The summed E-state index contributed by atoms with van der Waals surface area (Å²) in [5.74, 6) is 0.294. The molecule has 0 radical (unpaired) electrons. The number of alkyl halides is 3. The average molecular weight is 282 g/mol. The Hall–Kier alpha value is -2.24. The fourth-order valence-electron chi connectivity index (χ4n) is 1.81. The van der Waals surface area contributed by atoms with Gasteiger partial charge in [0.05, 0.1) is 17.9 Å². The van der Waals surface area contributed by atoms with E-state index in [4.69, 9.17) is 10.5 Å². The maximum Gasteiger partial charge on any atom is 0.416 e. The predicted octanol–water partition coefficient (Wildman–Crippen LogP) is 3.75. The molecule has 1 heterocycles. The van der Waals surface area contributed by atoms with Crippen LogP contribution in [0.3, 0.4) is 0 Å². The van der Waals surface area contributed by atoms with Crippen LogP contribution in [-0.2, 0) is 6.18 Å². The SMILES string of the molecule is CCOc1ccccc1-c1cc(C(F)(F)F)cc(N)n1. The summed E-state index contributed by atoms with van der Waals surface area (Å²) in [7, 11) is 0. The van der Waals surface area contributed by atoms with Crippen LogP contribution in [0.5, 0.6) is 5.75 Å². The van der Waals surface area contributed by atoms with Crippen LogP contribution in [0.1, 0.15) is 12.5 Å². The molecule has 0 aliphatic carbocycles. The van der Waals surface area contributed by atoms with Gasteiger partial charge < -0.3 is 10.5 Å². The highest BCUT2D eigenvalue weighted by atomic mass is 19.4. The smallest absolute Gasteiger partial charge is 0.416 e. The van der Waals surface area contributed by atoms with Gasteiger partial charge in [-0.3, -0.25) is 0 Å². The maximum atomic E-state index is 12.8. The number of benzene rings is 1. The standard InChI is InChI=1S/C14H13F3N2O/c1-2-20-12-6-4-3-5-10(12)11-7-9(14(15,16)17)8-13(18)19-11/h3-8H,2H2,1H3,(H2,18,19). The summed E-state index contributed by atoms with van der Waals surface area (Å²) in [6, 6.07) is 8.55. The summed E-state index contributed by atoms with van der Waals surface area (Å²) in [6.07, 6.45) is -4.47. The summed E-state index contributed by atoms with van der Waals surface area (Å²) < 4.78 is 43.8. The molecule has 0 fully saturated rings. The van der Waals surface area contributed by atoms with Crippen molar-refractivity contribution in [3.8, 4) is 17.0 Å². The minimum atomic E-state index is -4.47. The number of nitrogens with two attached hydrogens (primary N) is 1. The minimum absolute atomic E-state index is 0.140. The summed E-state index contributed by atoms with van der Waals surface area (Å²) in [6.45, 7) is 2.20. The number of para-hydroxylation sites is 1. The third-order valence-corrected chi connectivity index (χ3v) is 2.64. The average Bonchev–Trinajstić information content (AvgIpc) is 2.38. The lowest BCUT2D eigenvalue weighted by atomic mass is 10.1. The van der Waals surface area contributed by atoms with E-state index in [9.17, 15) is 13.2 Å². The van der Waals surface area contributed by atoms with Crippen molar-refractivity contribution >= 4 is 5.82 Å². The number of anilines is 1. The molecule has 106 valence electrons. The topological polar surface area (TPSA) is 48.1 Å². The first kappa shape index (κ1) is 14.2. The lowest BCUT2D eigenvalue weighted by molar-refractivity contribution is -0.137. The van der Waals surface area contributed by atoms with Gasteiger partial charge in [0, 0.05) is 5.56 Å². The van der Waals surface area contributed by atoms with Gasteiger partial charge in [0.25, 0.3) is 0 Å². The number of ether oxygens (including phenoxy) is 1. The van der Waals surface area contributed by atoms with Crippen molar-refractivity contribution in [2.24, 2.45) is 0 Å². The second kappa shape index (κ2) is 5.40. The molecule has 0 atom stereocenters. The highest BCUT2D eigenvalue weighted by molar-refractivity contribution is 5.69. The monoisotopic (exact) mass is 282 g/mol. The van der Waals surface area contributed by atoms with Gasteiger partial charge in [-0.25, -0.2) is 4.98 Å². The van der Waals surface area contributed by atoms with Crippen molar-refractivity contribution in [1.29, 1.82) is 0 Å². The number of pyridine rings is 1. The highest BCUT2D eigenvalue weighted by Crippen LogP contribution is 2.35. The second-order valence-electron chi connectivity index (χ2n) is 4.09. The number of hydrogen-bond donors (Lipinski definition) is 1. The quantitative estimate of drug-likeness (QED) is 0.932. The largest absolute Gasteiger partial charge is 0.493 e. The normalized spacial score (nSPS) is 11.4. The van der Waals surface area contributed by atoms with E-state index >= 15 is 0 Å². The van der Waals surface area contributed by atoms with E-state index in [1.165, 1.54) is 0 Å². The van der Waals surface area contributed by atoms with E-state index in [1.807, 2.05) is 0 Å². The van der Waals surface area contributed by atoms with Crippen LogP contribution in [0.2, 0.25) is 0 Å². The number of nitrogens with zero attached hydrogens (tertiary/aromatic N) is 1. The van der Waals surface area contributed by atoms with Crippen molar-refractivity contribution in [3.05, 3.63) is 42.0 Å². The summed E-state index contributed by atoms with van der Waals surface area (Å²) in [5.41, 5.74) is 5.26. The number of aromatic nitrogens is 1. The Labute approximate surface area is 114 Å². The van der Waals surface area contributed by atoms with E-state index in [-0.39, 0.29) is 11.5 Å². The molecule has 0 aliphatic rings. The molecule has 2 aromatic rings. The van der Waals surface area contributed by atoms with Gasteiger partial charge in [0.15, 0.2) is 0 Å². The molecule has 0 saturated carbocycles. The Bertz CT molecular complexity index is 612. The molecule has 1 aromatic carbocycles. The number of halogens is 3. The molecular weight excluding hydrogens is 269 g/mol. The first-order valence-electron chi connectivity index (χ1n) is 5.98. The molecule has 0 bridgehead atoms. The molecule has 2 N–H and O–H groups in total. The molecule has 2 rings (SSSR count). The first-order valence-corrected chi connectivity index (χ1v) is 5.98. The van der Waals surface area contributed by atoms with Crippen LogP contribution in [-0.4, -0.2) is 11.6 Å². The molecule has 0 spiro atoms. The zero-order chi connectivity index (χ0) is 14.8. The predicted molar refractivity (Wildman–Crippen MR) is 70.3 cm³/mol. The fraction of sp³-hybridized carbons (Fsp3) is 0.214. The van der Waals surface area contributed by atoms with E-state index in [2.05, 4.69) is 4.98 Å². The Morgan fingerprint density at radius 1 is 1.20 bits per heavy atom. The maximum absolute atomic E-state index is 12.8. The van der Waals surface area contributed by atoms with E-state index < -0.39 is 11.7 Å². The minimum Gasteiger partial charge on any atom is -0.493 e. The van der Waals surface area contributed by atoms with Gasteiger partial charge in [0.2, 0.25) is 0 Å². The molecule has 0 saturated heterocycles. The van der Waals surface area contributed by atoms with Crippen LogP contribution in [0.4, 0.5) is 19.0 Å². The highest BCUT2D eigenvalue weighted by Gasteiger charge is 2.31. The molecule has 20 heavy (non-hydrogen) atoms. The molecule has 1 aromatic heterocycles. The zero-order valence-electron chi connectivity index (χ0n) is 10.7. The van der Waals surface area contributed by atoms with Gasteiger partial charge in [0.1, 0.15) is 11.6 Å². The summed E-state index contributed by atoms with van der Waals surface area (Å²) >= 11 is 0. The van der Waals surface area contributed by atoms with E-state index in [1.54, 1.807) is 31.2 Å². The number of rotatable bonds is 3. The Morgan fingerprint density at radius 3 is 2.55 bits per heavy atom. The lowest BCUT2D eigenvalue weighted by Gasteiger charge is -2.12. The van der Waals surface area contributed by atoms with E-state index in [0.29, 0.717) is 17.9 Å². The third-order valence-electron chi connectivity index (χ3n) is 2.64. The number of nitrogen functional groups attached to an aromatic ring is 1. The van der Waals surface area contributed by atoms with Crippen LogP contribution >= 0.6 is 0 Å². The van der Waals surface area contributed by atoms with Gasteiger partial charge in [-0.2, -0.15) is 13.2 Å². The molecular formula is C14H13F3N2O. The van der Waals surface area contributed by atoms with Crippen molar-refractivity contribution in [2.45, 2.75) is 13.1 Å². The molecule has 0 amide bonds. The third kappa shape index (κ3) is 3.01. The molecule has 0 aliphatic heterocycles. The van der Waals surface area contributed by atoms with Crippen LogP contribution in [0.15, 0.2) is 36.4 Å². The summed E-state index contributed by atoms with van der Waals surface area (Å²) in [4.78, 5) is 3.96. The Morgan fingerprint density at radius 2 is 1.90 bits per heavy atom. The van der Waals surface area contributed by atoms with Gasteiger partial charge in [-0.05, 0) is 31.2 Å². The Balaban J connectivity index is 2.56. The molecule has 3 nitrogen and oxygen atoms in total.